The van der Waals surface area contributed by atoms with Crippen LogP contribution in [-0.2, 0) is 26.7 Å². The fourth-order valence-corrected chi connectivity index (χ4v) is 4.94. The van der Waals surface area contributed by atoms with Crippen LogP contribution >= 0.6 is 0 Å². The third kappa shape index (κ3) is 2.95. The Morgan fingerprint density at radius 2 is 1.83 bits per heavy atom. The average molecular weight is 426 g/mol. The number of carboxylic acid groups (broad SMARTS) is 1. The van der Waals surface area contributed by atoms with Crippen molar-refractivity contribution in [3.63, 3.8) is 0 Å². The van der Waals surface area contributed by atoms with E-state index >= 15 is 0 Å². The summed E-state index contributed by atoms with van der Waals surface area (Å²) in [6.45, 7) is 2.79. The molecule has 10 heteroatoms. The second kappa shape index (κ2) is 6.88. The molecular formula is C19H15NaO8S. The molecule has 8 nitrogen and oxygen atoms in total. The van der Waals surface area contributed by atoms with Crippen molar-refractivity contribution in [2.45, 2.75) is 43.6 Å². The molecule has 29 heavy (non-hydrogen) atoms. The SMILES string of the molecule is Cc1c(S(=O)(=O)O)oc2c1C(=O)C(=O)c1c-2ccc2c1CCC[C@]2(C)C(=O)[O-].[Na+]. The van der Waals surface area contributed by atoms with Crippen LogP contribution < -0.4 is 34.7 Å². The van der Waals surface area contributed by atoms with Crippen LogP contribution in [0, 0.1) is 6.92 Å². The summed E-state index contributed by atoms with van der Waals surface area (Å²) in [4.78, 5) is 37.3. The summed E-state index contributed by atoms with van der Waals surface area (Å²) >= 11 is 0. The summed E-state index contributed by atoms with van der Waals surface area (Å²) in [5.41, 5.74) is -0.577. The molecule has 0 aliphatic heterocycles. The van der Waals surface area contributed by atoms with E-state index in [2.05, 4.69) is 0 Å². The van der Waals surface area contributed by atoms with Crippen LogP contribution in [0.3, 0.4) is 0 Å². The maximum atomic E-state index is 12.9. The summed E-state index contributed by atoms with van der Waals surface area (Å²) in [6, 6.07) is 2.99. The zero-order valence-electron chi connectivity index (χ0n) is 16.0. The minimum Gasteiger partial charge on any atom is -0.549 e. The van der Waals surface area contributed by atoms with E-state index in [0.29, 0.717) is 30.4 Å². The van der Waals surface area contributed by atoms with Gasteiger partial charge in [-0.2, -0.15) is 8.42 Å². The molecular weight excluding hydrogens is 411 g/mol. The molecule has 1 aromatic carbocycles. The predicted octanol–water partition coefficient (Wildman–Crippen LogP) is -1.77. The molecule has 0 amide bonds. The molecule has 4 rings (SSSR count). The molecule has 146 valence electrons. The zero-order valence-corrected chi connectivity index (χ0v) is 18.8. The minimum atomic E-state index is -4.73. The van der Waals surface area contributed by atoms with Crippen LogP contribution in [0.25, 0.3) is 11.3 Å². The number of aliphatic carboxylic acids is 1. The summed E-state index contributed by atoms with van der Waals surface area (Å²) in [7, 11) is -4.73. The number of carbonyl (C=O) groups is 3. The third-order valence-electron chi connectivity index (χ3n) is 5.70. The first kappa shape index (κ1) is 21.9. The van der Waals surface area contributed by atoms with Gasteiger partial charge in [0.25, 0.3) is 0 Å². The Labute approximate surface area is 188 Å². The van der Waals surface area contributed by atoms with Crippen LogP contribution in [0.4, 0.5) is 0 Å². The number of fused-ring (bicyclic) bond motifs is 5. The molecule has 2 aliphatic carbocycles. The van der Waals surface area contributed by atoms with Gasteiger partial charge in [0.15, 0.2) is 0 Å². The quantitative estimate of drug-likeness (QED) is 0.338. The molecule has 0 saturated heterocycles. The van der Waals surface area contributed by atoms with E-state index in [-0.39, 0.29) is 57.6 Å². The van der Waals surface area contributed by atoms with Gasteiger partial charge in [-0.05, 0) is 37.3 Å². The van der Waals surface area contributed by atoms with Crippen molar-refractivity contribution in [1.82, 2.24) is 0 Å². The van der Waals surface area contributed by atoms with E-state index in [4.69, 9.17) is 4.42 Å². The minimum absolute atomic E-state index is 0. The molecule has 1 aromatic heterocycles. The number of hydrogen-bond donors (Lipinski definition) is 1. The molecule has 0 radical (unpaired) electrons. The van der Waals surface area contributed by atoms with Crippen LogP contribution in [0.1, 0.15) is 57.2 Å². The number of ketones is 2. The van der Waals surface area contributed by atoms with Crippen molar-refractivity contribution in [2.24, 2.45) is 0 Å². The van der Waals surface area contributed by atoms with Crippen molar-refractivity contribution in [3.8, 4) is 11.3 Å². The monoisotopic (exact) mass is 426 g/mol. The zero-order chi connectivity index (χ0) is 20.6. The molecule has 2 aromatic rings. The predicted molar refractivity (Wildman–Crippen MR) is 92.7 cm³/mol. The number of rotatable bonds is 2. The van der Waals surface area contributed by atoms with Gasteiger partial charge in [-0.1, -0.05) is 19.1 Å². The molecule has 0 bridgehead atoms. The number of carboxylic acids is 1. The van der Waals surface area contributed by atoms with Gasteiger partial charge in [0.05, 0.1) is 11.5 Å². The molecule has 0 fully saturated rings. The fourth-order valence-electron chi connectivity index (χ4n) is 4.27. The molecule has 1 heterocycles. The largest absolute Gasteiger partial charge is 1.00 e. The molecule has 1 atom stereocenters. The normalized spacial score (nSPS) is 20.4. The maximum absolute atomic E-state index is 12.9. The molecule has 2 aliphatic rings. The number of benzene rings is 1. The van der Waals surface area contributed by atoms with Crippen molar-refractivity contribution in [3.05, 3.63) is 39.9 Å². The van der Waals surface area contributed by atoms with E-state index < -0.39 is 38.2 Å². The maximum Gasteiger partial charge on any atom is 1.00 e. The second-order valence-corrected chi connectivity index (χ2v) is 8.66. The fraction of sp³-hybridized carbons (Fsp3) is 0.316. The summed E-state index contributed by atoms with van der Waals surface area (Å²) in [5.74, 6) is -3.19. The number of Topliss-reactive ketones (excluding diaryl/α,β-unsaturated/α-hetero) is 2. The first-order chi connectivity index (χ1) is 13.0. The number of hydrogen-bond acceptors (Lipinski definition) is 7. The average Bonchev–Trinajstić information content (AvgIpc) is 2.97. The van der Waals surface area contributed by atoms with Gasteiger partial charge >= 0.3 is 39.7 Å². The molecule has 0 spiro atoms. The second-order valence-electron chi connectivity index (χ2n) is 7.34. The summed E-state index contributed by atoms with van der Waals surface area (Å²) in [5, 5.41) is 10.9. The van der Waals surface area contributed by atoms with Gasteiger partial charge in [0.1, 0.15) is 5.76 Å². The Balaban J connectivity index is 0.00000240. The number of carbonyl (C=O) groups excluding carboxylic acids is 3. The Bertz CT molecular complexity index is 1210. The Morgan fingerprint density at radius 1 is 1.21 bits per heavy atom. The summed E-state index contributed by atoms with van der Waals surface area (Å²) < 4.78 is 37.8. The standard InChI is InChI=1S/C19H16O8S.Na/c1-8-12-14(20)15(21)13-9-4-3-7-19(2,18(22)23)11(9)6-5-10(13)16(12)27-17(8)28(24,25)26;/h5-6H,3-4,7H2,1-2H3,(H,22,23)(H,24,25,26);/q;+1/p-1/t19-;/m0./s1. The Morgan fingerprint density at radius 3 is 2.41 bits per heavy atom. The first-order valence-corrected chi connectivity index (χ1v) is 10.0. The Kier molecular flexibility index (Phi) is 5.20. The summed E-state index contributed by atoms with van der Waals surface area (Å²) in [6.07, 6.45) is 1.21. The van der Waals surface area contributed by atoms with E-state index in [1.807, 2.05) is 0 Å². The van der Waals surface area contributed by atoms with Gasteiger partial charge in [-0.3, -0.25) is 14.1 Å². The van der Waals surface area contributed by atoms with Crippen molar-refractivity contribution >= 4 is 27.7 Å². The van der Waals surface area contributed by atoms with Crippen molar-refractivity contribution in [2.75, 3.05) is 0 Å². The van der Waals surface area contributed by atoms with Gasteiger partial charge in [-0.25, -0.2) is 0 Å². The van der Waals surface area contributed by atoms with Gasteiger partial charge < -0.3 is 14.3 Å². The van der Waals surface area contributed by atoms with Gasteiger partial charge in [0, 0.05) is 22.1 Å². The number of furan rings is 1. The van der Waals surface area contributed by atoms with Crippen LogP contribution in [-0.4, -0.2) is 30.5 Å². The topological polar surface area (TPSA) is 142 Å². The van der Waals surface area contributed by atoms with E-state index in [0.717, 1.165) is 0 Å². The Hall–Kier alpha value is -1.78. The van der Waals surface area contributed by atoms with E-state index in [9.17, 15) is 32.5 Å². The third-order valence-corrected chi connectivity index (χ3v) is 6.56. The van der Waals surface area contributed by atoms with Crippen LogP contribution in [0.5, 0.6) is 0 Å². The molecule has 1 N–H and O–H groups in total. The first-order valence-electron chi connectivity index (χ1n) is 8.56. The smallest absolute Gasteiger partial charge is 0.549 e. The van der Waals surface area contributed by atoms with Crippen molar-refractivity contribution < 1.29 is 66.4 Å². The molecule has 0 unspecified atom stereocenters. The van der Waals surface area contributed by atoms with Gasteiger partial charge in [-0.15, -0.1) is 0 Å². The molecule has 0 saturated carbocycles. The van der Waals surface area contributed by atoms with Crippen molar-refractivity contribution in [1.29, 1.82) is 0 Å². The van der Waals surface area contributed by atoms with E-state index in [1.54, 1.807) is 6.07 Å². The van der Waals surface area contributed by atoms with Crippen LogP contribution in [0.15, 0.2) is 21.6 Å². The van der Waals surface area contributed by atoms with Gasteiger partial charge in [0.2, 0.25) is 16.7 Å². The van der Waals surface area contributed by atoms with Crippen LogP contribution in [0.2, 0.25) is 0 Å². The van der Waals surface area contributed by atoms with E-state index in [1.165, 1.54) is 19.9 Å².